The monoisotopic (exact) mass is 362 g/mol. The van der Waals surface area contributed by atoms with Crippen LogP contribution in [-0.4, -0.2) is 31.5 Å². The first-order valence-corrected chi connectivity index (χ1v) is 9.74. The number of carbonyl (C=O) groups excluding carboxylic acids is 1. The molecule has 2 N–H and O–H groups in total. The van der Waals surface area contributed by atoms with Crippen molar-refractivity contribution in [3.8, 4) is 17.0 Å². The van der Waals surface area contributed by atoms with Crippen molar-refractivity contribution in [2.24, 2.45) is 0 Å². The predicted molar refractivity (Wildman–Crippen MR) is 110 cm³/mol. The molecule has 1 aliphatic rings. The van der Waals surface area contributed by atoms with Crippen LogP contribution in [0.15, 0.2) is 36.4 Å². The number of carbonyl (C=O) groups is 1. The van der Waals surface area contributed by atoms with Gasteiger partial charge >= 0.3 is 0 Å². The molecule has 0 aliphatic carbocycles. The normalized spacial score (nSPS) is 15.2. The number of hydrogen-bond acceptors (Lipinski definition) is 3. The van der Waals surface area contributed by atoms with Crippen molar-refractivity contribution >= 4 is 17.2 Å². The minimum Gasteiger partial charge on any atom is -0.496 e. The molecule has 0 bridgehead atoms. The summed E-state index contributed by atoms with van der Waals surface area (Å²) in [5.74, 6) is 1.25. The smallest absolute Gasteiger partial charge is 0.153 e. The quantitative estimate of drug-likeness (QED) is 0.648. The van der Waals surface area contributed by atoms with Crippen LogP contribution < -0.4 is 10.1 Å². The number of fused-ring (bicyclic) bond motifs is 1. The highest BCUT2D eigenvalue weighted by atomic mass is 16.5. The van der Waals surface area contributed by atoms with Gasteiger partial charge in [-0.3, -0.25) is 4.79 Å². The number of benzene rings is 2. The summed E-state index contributed by atoms with van der Waals surface area (Å²) < 4.78 is 5.28. The van der Waals surface area contributed by atoms with Crippen LogP contribution in [0.25, 0.3) is 22.2 Å². The van der Waals surface area contributed by atoms with Gasteiger partial charge in [-0.25, -0.2) is 0 Å². The first kappa shape index (κ1) is 17.8. The van der Waals surface area contributed by atoms with E-state index in [1.54, 1.807) is 7.11 Å². The van der Waals surface area contributed by atoms with E-state index in [1.807, 2.05) is 18.2 Å². The summed E-state index contributed by atoms with van der Waals surface area (Å²) in [7, 11) is 1.59. The molecule has 2 aromatic carbocycles. The SMILES string of the molecule is CCc1c(-c2ccc(OC)c(C=O)c2)[nH]c2ccc(C3CCNCC3)cc12. The van der Waals surface area contributed by atoms with E-state index in [1.165, 1.54) is 29.4 Å². The van der Waals surface area contributed by atoms with Crippen molar-refractivity contribution in [3.63, 3.8) is 0 Å². The van der Waals surface area contributed by atoms with E-state index in [-0.39, 0.29) is 0 Å². The Morgan fingerprint density at radius 3 is 2.67 bits per heavy atom. The van der Waals surface area contributed by atoms with E-state index in [0.717, 1.165) is 42.6 Å². The molecule has 1 fully saturated rings. The fourth-order valence-electron chi connectivity index (χ4n) is 4.27. The summed E-state index contributed by atoms with van der Waals surface area (Å²) in [4.78, 5) is 15.0. The van der Waals surface area contributed by atoms with E-state index < -0.39 is 0 Å². The van der Waals surface area contributed by atoms with Gasteiger partial charge in [-0.1, -0.05) is 13.0 Å². The number of piperidine rings is 1. The molecule has 0 spiro atoms. The Hall–Kier alpha value is -2.59. The Morgan fingerprint density at radius 1 is 1.15 bits per heavy atom. The first-order chi connectivity index (χ1) is 13.2. The van der Waals surface area contributed by atoms with Crippen LogP contribution in [0.5, 0.6) is 5.75 Å². The van der Waals surface area contributed by atoms with Crippen LogP contribution in [0.3, 0.4) is 0 Å². The third-order valence-electron chi connectivity index (χ3n) is 5.74. The second kappa shape index (κ2) is 7.57. The molecule has 0 atom stereocenters. The van der Waals surface area contributed by atoms with Crippen LogP contribution >= 0.6 is 0 Å². The van der Waals surface area contributed by atoms with Crippen molar-refractivity contribution in [1.82, 2.24) is 10.3 Å². The number of aldehydes is 1. The zero-order valence-corrected chi connectivity index (χ0v) is 16.0. The van der Waals surface area contributed by atoms with E-state index in [4.69, 9.17) is 4.74 Å². The predicted octanol–water partition coefficient (Wildman–Crippen LogP) is 4.69. The molecular weight excluding hydrogens is 336 g/mol. The van der Waals surface area contributed by atoms with Gasteiger partial charge in [0.15, 0.2) is 6.29 Å². The molecule has 4 heteroatoms. The molecule has 1 saturated heterocycles. The summed E-state index contributed by atoms with van der Waals surface area (Å²) in [5.41, 5.74) is 6.60. The average molecular weight is 362 g/mol. The number of H-pyrrole nitrogens is 1. The third kappa shape index (κ3) is 3.26. The lowest BCUT2D eigenvalue weighted by Gasteiger charge is -2.23. The molecule has 0 amide bonds. The molecule has 2 heterocycles. The minimum absolute atomic E-state index is 0.575. The van der Waals surface area contributed by atoms with Gasteiger partial charge in [-0.05, 0) is 85.3 Å². The van der Waals surface area contributed by atoms with Crippen LogP contribution in [0.1, 0.15) is 47.2 Å². The molecule has 4 rings (SSSR count). The van der Waals surface area contributed by atoms with Gasteiger partial charge in [-0.15, -0.1) is 0 Å². The van der Waals surface area contributed by atoms with Gasteiger partial charge in [0, 0.05) is 16.6 Å². The van der Waals surface area contributed by atoms with Gasteiger partial charge in [0.25, 0.3) is 0 Å². The maximum absolute atomic E-state index is 11.4. The number of aromatic nitrogens is 1. The topological polar surface area (TPSA) is 54.1 Å². The molecule has 0 unspecified atom stereocenters. The van der Waals surface area contributed by atoms with Crippen LogP contribution in [-0.2, 0) is 6.42 Å². The van der Waals surface area contributed by atoms with Crippen LogP contribution in [0, 0.1) is 0 Å². The van der Waals surface area contributed by atoms with Gasteiger partial charge in [0.2, 0.25) is 0 Å². The fraction of sp³-hybridized carbons (Fsp3) is 0.348. The molecule has 0 saturated carbocycles. The summed E-state index contributed by atoms with van der Waals surface area (Å²) in [6.45, 7) is 4.39. The average Bonchev–Trinajstić information content (AvgIpc) is 3.11. The molecule has 0 radical (unpaired) electrons. The largest absolute Gasteiger partial charge is 0.496 e. The van der Waals surface area contributed by atoms with Crippen LogP contribution in [0.2, 0.25) is 0 Å². The van der Waals surface area contributed by atoms with E-state index in [0.29, 0.717) is 17.2 Å². The Balaban J connectivity index is 1.80. The number of ether oxygens (including phenoxy) is 1. The molecule has 27 heavy (non-hydrogen) atoms. The summed E-state index contributed by atoms with van der Waals surface area (Å²) in [5, 5.41) is 4.74. The molecule has 4 nitrogen and oxygen atoms in total. The van der Waals surface area contributed by atoms with E-state index in [9.17, 15) is 4.79 Å². The van der Waals surface area contributed by atoms with Gasteiger partial charge in [-0.2, -0.15) is 0 Å². The highest BCUT2D eigenvalue weighted by molar-refractivity contribution is 5.92. The van der Waals surface area contributed by atoms with Crippen molar-refractivity contribution < 1.29 is 9.53 Å². The van der Waals surface area contributed by atoms with E-state index >= 15 is 0 Å². The van der Waals surface area contributed by atoms with Crippen molar-refractivity contribution in [2.75, 3.05) is 20.2 Å². The highest BCUT2D eigenvalue weighted by Crippen LogP contribution is 2.35. The van der Waals surface area contributed by atoms with Gasteiger partial charge < -0.3 is 15.0 Å². The lowest BCUT2D eigenvalue weighted by molar-refractivity contribution is 0.112. The maximum Gasteiger partial charge on any atom is 0.153 e. The second-order valence-corrected chi connectivity index (χ2v) is 7.24. The highest BCUT2D eigenvalue weighted by Gasteiger charge is 2.18. The molecule has 140 valence electrons. The first-order valence-electron chi connectivity index (χ1n) is 9.74. The summed E-state index contributed by atoms with van der Waals surface area (Å²) in [6.07, 6.45) is 4.19. The third-order valence-corrected chi connectivity index (χ3v) is 5.74. The van der Waals surface area contributed by atoms with Gasteiger partial charge in [0.1, 0.15) is 5.75 Å². The number of methoxy groups -OCH3 is 1. The Kier molecular flexibility index (Phi) is 4.99. The number of aromatic amines is 1. The van der Waals surface area contributed by atoms with Crippen molar-refractivity contribution in [3.05, 3.63) is 53.1 Å². The minimum atomic E-state index is 0.575. The number of rotatable bonds is 5. The molecule has 1 aliphatic heterocycles. The standard InChI is InChI=1S/C23H26N2O2/c1-3-19-20-13-16(15-8-10-24-11-9-15)4-6-21(20)25-23(19)17-5-7-22(27-2)18(12-17)14-26/h4-7,12-15,24-25H,3,8-11H2,1-2H3. The van der Waals surface area contributed by atoms with Gasteiger partial charge in [0.05, 0.1) is 12.7 Å². The zero-order chi connectivity index (χ0) is 18.8. The molecule has 1 aromatic heterocycles. The van der Waals surface area contributed by atoms with E-state index in [2.05, 4.69) is 35.4 Å². The van der Waals surface area contributed by atoms with Crippen molar-refractivity contribution in [1.29, 1.82) is 0 Å². The number of aryl methyl sites for hydroxylation is 1. The molecule has 3 aromatic rings. The fourth-order valence-corrected chi connectivity index (χ4v) is 4.27. The Morgan fingerprint density at radius 2 is 1.96 bits per heavy atom. The molecular formula is C23H26N2O2. The van der Waals surface area contributed by atoms with Crippen molar-refractivity contribution in [2.45, 2.75) is 32.1 Å². The maximum atomic E-state index is 11.4. The lowest BCUT2D eigenvalue weighted by atomic mass is 9.89. The number of nitrogens with one attached hydrogen (secondary N) is 2. The number of hydrogen-bond donors (Lipinski definition) is 2. The Labute approximate surface area is 159 Å². The van der Waals surface area contributed by atoms with Crippen LogP contribution in [0.4, 0.5) is 0 Å². The zero-order valence-electron chi connectivity index (χ0n) is 16.0. The summed E-state index contributed by atoms with van der Waals surface area (Å²) >= 11 is 0. The summed E-state index contributed by atoms with van der Waals surface area (Å²) in [6, 6.07) is 12.6. The second-order valence-electron chi connectivity index (χ2n) is 7.24. The lowest BCUT2D eigenvalue weighted by Crippen LogP contribution is -2.26. The Bertz CT molecular complexity index is 968.